The minimum absolute atomic E-state index is 0.0245. The van der Waals surface area contributed by atoms with Crippen molar-refractivity contribution in [3.05, 3.63) is 51.9 Å². The van der Waals surface area contributed by atoms with Gasteiger partial charge in [0.05, 0.1) is 40.1 Å². The Bertz CT molecular complexity index is 1320. The molecule has 0 saturated carbocycles. The summed E-state index contributed by atoms with van der Waals surface area (Å²) in [6, 6.07) is 0. The zero-order valence-electron chi connectivity index (χ0n) is 19.6. The summed E-state index contributed by atoms with van der Waals surface area (Å²) >= 11 is 1.70. The molecule has 34 heavy (non-hydrogen) atoms. The van der Waals surface area contributed by atoms with Crippen LogP contribution in [0.15, 0.2) is 24.1 Å². The number of anilines is 1. The zero-order chi connectivity index (χ0) is 23.7. The maximum Gasteiger partial charge on any atom is 0.257 e. The lowest BCUT2D eigenvalue weighted by atomic mass is 10.2. The van der Waals surface area contributed by atoms with E-state index in [4.69, 9.17) is 4.98 Å². The fraction of sp³-hybridized carbons (Fsp3) is 0.435. The molecule has 0 bridgehead atoms. The van der Waals surface area contributed by atoms with Gasteiger partial charge >= 0.3 is 0 Å². The molecule has 1 fully saturated rings. The Morgan fingerprint density at radius 1 is 1.06 bits per heavy atom. The summed E-state index contributed by atoms with van der Waals surface area (Å²) in [4.78, 5) is 39.3. The number of rotatable bonds is 6. The van der Waals surface area contributed by atoms with E-state index in [9.17, 15) is 4.79 Å². The standard InChI is InChI=1S/C23H27N9OS/c1-4-5-20-29-17(13-34-20)12-32-22-19(11-27-32)21(25-14-26-22)30-6-8-31(9-7-30)23(33)18-10-24-16(3)28-15(18)2/h10-11,13-14H,4-9,12H2,1-3H3. The Morgan fingerprint density at radius 2 is 1.88 bits per heavy atom. The highest BCUT2D eigenvalue weighted by atomic mass is 32.1. The van der Waals surface area contributed by atoms with Crippen LogP contribution in [-0.4, -0.2) is 71.7 Å². The molecule has 176 valence electrons. The Labute approximate surface area is 201 Å². The van der Waals surface area contributed by atoms with E-state index >= 15 is 0 Å². The van der Waals surface area contributed by atoms with Crippen LogP contribution >= 0.6 is 11.3 Å². The van der Waals surface area contributed by atoms with Gasteiger partial charge in [0.1, 0.15) is 18.0 Å². The third-order valence-electron chi connectivity index (χ3n) is 5.98. The SMILES string of the molecule is CCCc1nc(Cn2ncc3c(N4CCN(C(=O)c5cnc(C)nc5C)CC4)ncnc32)cs1. The summed E-state index contributed by atoms with van der Waals surface area (Å²) in [5.74, 6) is 1.50. The van der Waals surface area contributed by atoms with Crippen LogP contribution in [-0.2, 0) is 13.0 Å². The molecule has 11 heteroatoms. The molecule has 0 radical (unpaired) electrons. The Hall–Kier alpha value is -3.47. The van der Waals surface area contributed by atoms with Crippen LogP contribution < -0.4 is 4.90 Å². The molecule has 0 aliphatic carbocycles. The third-order valence-corrected chi connectivity index (χ3v) is 6.94. The van der Waals surface area contributed by atoms with E-state index < -0.39 is 0 Å². The lowest BCUT2D eigenvalue weighted by Gasteiger charge is -2.35. The Kier molecular flexibility index (Phi) is 6.18. The maximum atomic E-state index is 13.0. The van der Waals surface area contributed by atoms with Crippen LogP contribution in [0.1, 0.15) is 45.9 Å². The van der Waals surface area contributed by atoms with E-state index in [1.54, 1.807) is 23.9 Å². The highest BCUT2D eigenvalue weighted by Gasteiger charge is 2.26. The van der Waals surface area contributed by atoms with E-state index in [1.807, 2.05) is 29.6 Å². The highest BCUT2D eigenvalue weighted by molar-refractivity contribution is 7.09. The number of aromatic nitrogens is 7. The quantitative estimate of drug-likeness (QED) is 0.417. The van der Waals surface area contributed by atoms with E-state index in [0.717, 1.165) is 40.4 Å². The van der Waals surface area contributed by atoms with Crippen molar-refractivity contribution in [3.8, 4) is 0 Å². The summed E-state index contributed by atoms with van der Waals surface area (Å²) in [7, 11) is 0. The molecule has 10 nitrogen and oxygen atoms in total. The number of hydrogen-bond acceptors (Lipinski definition) is 9. The van der Waals surface area contributed by atoms with Crippen LogP contribution in [0.25, 0.3) is 11.0 Å². The second-order valence-corrected chi connectivity index (χ2v) is 9.36. The second-order valence-electron chi connectivity index (χ2n) is 8.41. The molecule has 0 atom stereocenters. The van der Waals surface area contributed by atoms with Crippen LogP contribution in [0.3, 0.4) is 0 Å². The van der Waals surface area contributed by atoms with Gasteiger partial charge in [0.15, 0.2) is 5.65 Å². The van der Waals surface area contributed by atoms with Gasteiger partial charge in [-0.3, -0.25) is 4.79 Å². The number of hydrogen-bond donors (Lipinski definition) is 0. The predicted molar refractivity (Wildman–Crippen MR) is 130 cm³/mol. The van der Waals surface area contributed by atoms with Gasteiger partial charge in [-0.05, 0) is 26.7 Å². The molecule has 5 rings (SSSR count). The van der Waals surface area contributed by atoms with Crippen molar-refractivity contribution in [1.29, 1.82) is 0 Å². The fourth-order valence-electron chi connectivity index (χ4n) is 4.24. The first kappa shape index (κ1) is 22.3. The third kappa shape index (κ3) is 4.35. The smallest absolute Gasteiger partial charge is 0.257 e. The first-order valence-electron chi connectivity index (χ1n) is 11.5. The molecule has 1 amide bonds. The normalized spacial score (nSPS) is 14.2. The number of nitrogens with zero attached hydrogens (tertiary/aromatic N) is 9. The molecule has 5 heterocycles. The molecule has 4 aromatic heterocycles. The Morgan fingerprint density at radius 3 is 2.65 bits per heavy atom. The number of piperazine rings is 1. The van der Waals surface area contributed by atoms with Crippen LogP contribution in [0.2, 0.25) is 0 Å². The maximum absolute atomic E-state index is 13.0. The molecule has 1 saturated heterocycles. The van der Waals surface area contributed by atoms with Gasteiger partial charge in [-0.25, -0.2) is 29.6 Å². The first-order chi connectivity index (χ1) is 16.5. The van der Waals surface area contributed by atoms with Gasteiger partial charge in [0.2, 0.25) is 0 Å². The predicted octanol–water partition coefficient (Wildman–Crippen LogP) is 2.65. The molecular weight excluding hydrogens is 450 g/mol. The summed E-state index contributed by atoms with van der Waals surface area (Å²) in [5.41, 5.74) is 3.07. The number of amides is 1. The summed E-state index contributed by atoms with van der Waals surface area (Å²) in [6.45, 7) is 8.99. The number of aryl methyl sites for hydroxylation is 3. The molecule has 4 aromatic rings. The minimum Gasteiger partial charge on any atom is -0.352 e. The van der Waals surface area contributed by atoms with Gasteiger partial charge in [-0.1, -0.05) is 6.92 Å². The van der Waals surface area contributed by atoms with Gasteiger partial charge in [-0.15, -0.1) is 11.3 Å². The summed E-state index contributed by atoms with van der Waals surface area (Å²) in [6.07, 6.45) is 7.13. The zero-order valence-corrected chi connectivity index (χ0v) is 20.4. The average molecular weight is 478 g/mol. The summed E-state index contributed by atoms with van der Waals surface area (Å²) in [5, 5.41) is 8.74. The number of thiazole rings is 1. The second kappa shape index (κ2) is 9.41. The van der Waals surface area contributed by atoms with E-state index in [-0.39, 0.29) is 5.91 Å². The van der Waals surface area contributed by atoms with Crippen LogP contribution in [0.5, 0.6) is 0 Å². The van der Waals surface area contributed by atoms with E-state index in [2.05, 4.69) is 42.2 Å². The van der Waals surface area contributed by atoms with Crippen LogP contribution in [0, 0.1) is 13.8 Å². The number of fused-ring (bicyclic) bond motifs is 1. The molecule has 1 aliphatic rings. The highest BCUT2D eigenvalue weighted by Crippen LogP contribution is 2.25. The lowest BCUT2D eigenvalue weighted by molar-refractivity contribution is 0.0745. The number of carbonyl (C=O) groups is 1. The van der Waals surface area contributed by atoms with Crippen molar-refractivity contribution in [2.75, 3.05) is 31.1 Å². The largest absolute Gasteiger partial charge is 0.352 e. The molecule has 0 aromatic carbocycles. The molecular formula is C23H27N9OS. The van der Waals surface area contributed by atoms with Gasteiger partial charge in [-0.2, -0.15) is 5.10 Å². The van der Waals surface area contributed by atoms with E-state index in [1.165, 1.54) is 0 Å². The molecule has 0 spiro atoms. The lowest BCUT2D eigenvalue weighted by Crippen LogP contribution is -2.49. The van der Waals surface area contributed by atoms with Gasteiger partial charge < -0.3 is 9.80 Å². The van der Waals surface area contributed by atoms with Crippen molar-refractivity contribution >= 4 is 34.1 Å². The molecule has 1 aliphatic heterocycles. The van der Waals surface area contributed by atoms with Crippen molar-refractivity contribution in [1.82, 2.24) is 39.6 Å². The molecule has 0 N–H and O–H groups in total. The van der Waals surface area contributed by atoms with Crippen LogP contribution in [0.4, 0.5) is 5.82 Å². The molecule has 0 unspecified atom stereocenters. The topological polar surface area (TPSA) is 106 Å². The Balaban J connectivity index is 1.30. The number of carbonyl (C=O) groups excluding carboxylic acids is 1. The fourth-order valence-corrected chi connectivity index (χ4v) is 5.13. The summed E-state index contributed by atoms with van der Waals surface area (Å²) < 4.78 is 1.88. The van der Waals surface area contributed by atoms with E-state index in [0.29, 0.717) is 49.8 Å². The minimum atomic E-state index is -0.0245. The average Bonchev–Trinajstić information content (AvgIpc) is 3.46. The van der Waals surface area contributed by atoms with Gasteiger partial charge in [0, 0.05) is 37.8 Å². The van der Waals surface area contributed by atoms with Gasteiger partial charge in [0.25, 0.3) is 5.91 Å². The van der Waals surface area contributed by atoms with Crippen molar-refractivity contribution in [2.24, 2.45) is 0 Å². The van der Waals surface area contributed by atoms with Crippen molar-refractivity contribution < 1.29 is 4.79 Å². The van der Waals surface area contributed by atoms with Crippen molar-refractivity contribution in [2.45, 2.75) is 40.2 Å². The van der Waals surface area contributed by atoms with Crippen molar-refractivity contribution in [3.63, 3.8) is 0 Å². The monoisotopic (exact) mass is 477 g/mol. The first-order valence-corrected chi connectivity index (χ1v) is 12.4.